The molecule has 1 rings (SSSR count). The number of aromatic hydroxyl groups is 1. The molecule has 3 nitrogen and oxygen atoms in total. The van der Waals surface area contributed by atoms with Gasteiger partial charge in [-0.1, -0.05) is 17.7 Å². The SMILES string of the molecule is C=CCN(CCO)Cc1cc(Cl)ccc1O. The van der Waals surface area contributed by atoms with E-state index >= 15 is 0 Å². The molecule has 0 radical (unpaired) electrons. The van der Waals surface area contributed by atoms with Gasteiger partial charge in [0.1, 0.15) is 5.75 Å². The van der Waals surface area contributed by atoms with Crippen LogP contribution >= 0.6 is 11.6 Å². The smallest absolute Gasteiger partial charge is 0.120 e. The second-order valence-corrected chi connectivity index (χ2v) is 3.96. The Labute approximate surface area is 101 Å². The van der Waals surface area contributed by atoms with E-state index in [9.17, 15) is 5.11 Å². The molecule has 0 heterocycles. The molecule has 4 heteroatoms. The van der Waals surface area contributed by atoms with Gasteiger partial charge in [-0.05, 0) is 18.2 Å². The average molecular weight is 242 g/mol. The predicted octanol–water partition coefficient (Wildman–Crippen LogP) is 2.03. The van der Waals surface area contributed by atoms with Crippen molar-refractivity contribution in [2.24, 2.45) is 0 Å². The third kappa shape index (κ3) is 3.85. The fourth-order valence-electron chi connectivity index (χ4n) is 1.48. The van der Waals surface area contributed by atoms with E-state index in [1.54, 1.807) is 24.3 Å². The first kappa shape index (κ1) is 13.0. The molecule has 2 N–H and O–H groups in total. The molecule has 16 heavy (non-hydrogen) atoms. The maximum absolute atomic E-state index is 9.65. The van der Waals surface area contributed by atoms with E-state index in [1.165, 1.54) is 0 Å². The zero-order chi connectivity index (χ0) is 12.0. The average Bonchev–Trinajstić information content (AvgIpc) is 2.24. The summed E-state index contributed by atoms with van der Waals surface area (Å²) in [6.07, 6.45) is 1.76. The molecule has 0 aliphatic rings. The summed E-state index contributed by atoms with van der Waals surface area (Å²) in [7, 11) is 0. The lowest BCUT2D eigenvalue weighted by Gasteiger charge is -2.20. The van der Waals surface area contributed by atoms with Crippen molar-refractivity contribution < 1.29 is 10.2 Å². The zero-order valence-corrected chi connectivity index (χ0v) is 9.82. The van der Waals surface area contributed by atoms with Crippen molar-refractivity contribution in [1.82, 2.24) is 4.90 Å². The number of hydrogen-bond donors (Lipinski definition) is 2. The number of rotatable bonds is 6. The fourth-order valence-corrected chi connectivity index (χ4v) is 1.68. The van der Waals surface area contributed by atoms with Gasteiger partial charge in [0.05, 0.1) is 6.61 Å². The van der Waals surface area contributed by atoms with Crippen LogP contribution in [0.1, 0.15) is 5.56 Å². The number of hydrogen-bond acceptors (Lipinski definition) is 3. The molecule has 0 unspecified atom stereocenters. The summed E-state index contributed by atoms with van der Waals surface area (Å²) in [6.45, 7) is 5.47. The number of nitrogens with zero attached hydrogens (tertiary/aromatic N) is 1. The Hall–Kier alpha value is -1.03. The van der Waals surface area contributed by atoms with E-state index in [4.69, 9.17) is 16.7 Å². The lowest BCUT2D eigenvalue weighted by Crippen LogP contribution is -2.26. The van der Waals surface area contributed by atoms with Gasteiger partial charge in [0.2, 0.25) is 0 Å². The maximum Gasteiger partial charge on any atom is 0.120 e. The summed E-state index contributed by atoms with van der Waals surface area (Å²) in [5, 5.41) is 19.1. The van der Waals surface area contributed by atoms with Crippen molar-refractivity contribution in [2.45, 2.75) is 6.54 Å². The molecule has 0 fully saturated rings. The van der Waals surface area contributed by atoms with E-state index in [1.807, 2.05) is 4.90 Å². The van der Waals surface area contributed by atoms with Gasteiger partial charge in [-0.15, -0.1) is 6.58 Å². The topological polar surface area (TPSA) is 43.7 Å². The number of phenolic OH excluding ortho intramolecular Hbond substituents is 1. The van der Waals surface area contributed by atoms with Crippen molar-refractivity contribution >= 4 is 11.6 Å². The first-order chi connectivity index (χ1) is 7.67. The number of benzene rings is 1. The molecule has 0 atom stereocenters. The van der Waals surface area contributed by atoms with E-state index in [-0.39, 0.29) is 12.4 Å². The van der Waals surface area contributed by atoms with Gasteiger partial charge in [-0.3, -0.25) is 4.90 Å². The fraction of sp³-hybridized carbons (Fsp3) is 0.333. The first-order valence-electron chi connectivity index (χ1n) is 5.09. The number of aliphatic hydroxyl groups excluding tert-OH is 1. The molecule has 1 aromatic rings. The number of halogens is 1. The van der Waals surface area contributed by atoms with Gasteiger partial charge in [0.15, 0.2) is 0 Å². The third-order valence-corrected chi connectivity index (χ3v) is 2.47. The van der Waals surface area contributed by atoms with Crippen molar-refractivity contribution in [1.29, 1.82) is 0 Å². The van der Waals surface area contributed by atoms with Crippen LogP contribution in [0.3, 0.4) is 0 Å². The summed E-state index contributed by atoms with van der Waals surface area (Å²) in [4.78, 5) is 1.97. The second-order valence-electron chi connectivity index (χ2n) is 3.52. The van der Waals surface area contributed by atoms with Crippen LogP contribution < -0.4 is 0 Å². The van der Waals surface area contributed by atoms with Crippen LogP contribution in [0.2, 0.25) is 5.02 Å². The minimum absolute atomic E-state index is 0.0785. The van der Waals surface area contributed by atoms with Crippen molar-refractivity contribution in [3.05, 3.63) is 41.4 Å². The lowest BCUT2D eigenvalue weighted by atomic mass is 10.2. The van der Waals surface area contributed by atoms with Crippen molar-refractivity contribution in [3.63, 3.8) is 0 Å². The van der Waals surface area contributed by atoms with E-state index in [0.29, 0.717) is 24.7 Å². The predicted molar refractivity (Wildman–Crippen MR) is 65.7 cm³/mol. The van der Waals surface area contributed by atoms with Crippen LogP contribution in [0.15, 0.2) is 30.9 Å². The Balaban J connectivity index is 2.75. The van der Waals surface area contributed by atoms with Gasteiger partial charge in [-0.25, -0.2) is 0 Å². The highest BCUT2D eigenvalue weighted by molar-refractivity contribution is 6.30. The van der Waals surface area contributed by atoms with Gasteiger partial charge < -0.3 is 10.2 Å². The van der Waals surface area contributed by atoms with E-state index in [2.05, 4.69) is 6.58 Å². The van der Waals surface area contributed by atoms with E-state index < -0.39 is 0 Å². The Morgan fingerprint density at radius 2 is 2.19 bits per heavy atom. The molecule has 88 valence electrons. The number of aliphatic hydroxyl groups is 1. The van der Waals surface area contributed by atoms with Crippen molar-refractivity contribution in [3.8, 4) is 5.75 Å². The summed E-state index contributed by atoms with van der Waals surface area (Å²) in [5.41, 5.74) is 0.753. The van der Waals surface area contributed by atoms with Crippen LogP contribution in [0.25, 0.3) is 0 Å². The Bertz CT molecular complexity index is 355. The Kier molecular flexibility index (Phi) is 5.32. The molecule has 0 aromatic heterocycles. The second kappa shape index (κ2) is 6.53. The molecule has 0 aliphatic heterocycles. The van der Waals surface area contributed by atoms with Crippen LogP contribution in [0.5, 0.6) is 5.75 Å². The molecule has 0 saturated carbocycles. The zero-order valence-electron chi connectivity index (χ0n) is 9.06. The maximum atomic E-state index is 9.65. The standard InChI is InChI=1S/C12H16ClNO2/c1-2-5-14(6-7-15)9-10-8-11(13)3-4-12(10)16/h2-4,8,15-16H,1,5-7,9H2. The van der Waals surface area contributed by atoms with Gasteiger partial charge in [0.25, 0.3) is 0 Å². The molecule has 0 aliphatic carbocycles. The Morgan fingerprint density at radius 1 is 1.44 bits per heavy atom. The van der Waals surface area contributed by atoms with Crippen molar-refractivity contribution in [2.75, 3.05) is 19.7 Å². The quantitative estimate of drug-likeness (QED) is 0.749. The molecule has 0 bridgehead atoms. The van der Waals surface area contributed by atoms with Gasteiger partial charge >= 0.3 is 0 Å². The monoisotopic (exact) mass is 241 g/mol. The first-order valence-corrected chi connectivity index (χ1v) is 5.46. The normalized spacial score (nSPS) is 10.7. The minimum Gasteiger partial charge on any atom is -0.508 e. The Morgan fingerprint density at radius 3 is 2.81 bits per heavy atom. The molecule has 1 aromatic carbocycles. The van der Waals surface area contributed by atoms with Crippen LogP contribution in [0, 0.1) is 0 Å². The molecular weight excluding hydrogens is 226 g/mol. The molecule has 0 amide bonds. The van der Waals surface area contributed by atoms with Crippen LogP contribution in [-0.2, 0) is 6.54 Å². The van der Waals surface area contributed by atoms with Gasteiger partial charge in [0, 0.05) is 30.2 Å². The summed E-state index contributed by atoms with van der Waals surface area (Å²) in [6, 6.07) is 4.94. The largest absolute Gasteiger partial charge is 0.508 e. The highest BCUT2D eigenvalue weighted by Crippen LogP contribution is 2.22. The van der Waals surface area contributed by atoms with Gasteiger partial charge in [-0.2, -0.15) is 0 Å². The van der Waals surface area contributed by atoms with Crippen LogP contribution in [0.4, 0.5) is 0 Å². The summed E-state index contributed by atoms with van der Waals surface area (Å²) in [5.74, 6) is 0.219. The highest BCUT2D eigenvalue weighted by atomic mass is 35.5. The summed E-state index contributed by atoms with van der Waals surface area (Å²) < 4.78 is 0. The molecule has 0 spiro atoms. The molecule has 0 saturated heterocycles. The minimum atomic E-state index is 0.0785. The third-order valence-electron chi connectivity index (χ3n) is 2.24. The number of phenols is 1. The summed E-state index contributed by atoms with van der Waals surface area (Å²) >= 11 is 5.86. The van der Waals surface area contributed by atoms with E-state index in [0.717, 1.165) is 5.56 Å². The lowest BCUT2D eigenvalue weighted by molar-refractivity contribution is 0.202. The van der Waals surface area contributed by atoms with Crippen LogP contribution in [-0.4, -0.2) is 34.8 Å². The molecular formula is C12H16ClNO2. The highest BCUT2D eigenvalue weighted by Gasteiger charge is 2.07.